The summed E-state index contributed by atoms with van der Waals surface area (Å²) < 4.78 is 5.29. The average Bonchev–Trinajstić information content (AvgIpc) is 3.40. The van der Waals surface area contributed by atoms with Gasteiger partial charge in [0.05, 0.1) is 11.3 Å². The monoisotopic (exact) mass is 573 g/mol. The van der Waals surface area contributed by atoms with Crippen LogP contribution in [0.5, 0.6) is 0 Å². The Morgan fingerprint density at radius 3 is 2.61 bits per heavy atom. The summed E-state index contributed by atoms with van der Waals surface area (Å²) >= 11 is 1.59. The second-order valence-corrected chi connectivity index (χ2v) is 11.8. The molecule has 2 saturated heterocycles. The van der Waals surface area contributed by atoms with Crippen molar-refractivity contribution in [1.82, 2.24) is 35.4 Å². The van der Waals surface area contributed by atoms with Crippen molar-refractivity contribution in [1.29, 1.82) is 0 Å². The van der Waals surface area contributed by atoms with Crippen molar-refractivity contribution in [3.8, 4) is 33.2 Å². The molecule has 41 heavy (non-hydrogen) atoms. The standard InChI is InChI=1S/C28H31N9O3S/c1-3-29-27(38)33-23-9-20(26-32-22(14-41-26)15-4-5-15)21(11-30-23)19-8-16(25-34-35-28(39)40-25)10-31-24(19)37-17-6-7-18(37)13-36(2)12-17/h8-11,14-15,17-18H,3-7,12-13H2,1-2H3,(H,35,39)(H2,29,30,33,38). The number of amides is 2. The summed E-state index contributed by atoms with van der Waals surface area (Å²) in [6, 6.07) is 4.21. The molecule has 3 aliphatic rings. The quantitative estimate of drug-likeness (QED) is 0.300. The molecule has 2 aliphatic heterocycles. The van der Waals surface area contributed by atoms with E-state index < -0.39 is 5.76 Å². The van der Waals surface area contributed by atoms with E-state index in [1.54, 1.807) is 23.7 Å². The lowest BCUT2D eigenvalue weighted by Crippen LogP contribution is -2.53. The lowest BCUT2D eigenvalue weighted by molar-refractivity contribution is 0.252. The maximum absolute atomic E-state index is 12.3. The molecule has 12 nitrogen and oxygen atoms in total. The Morgan fingerprint density at radius 2 is 1.90 bits per heavy atom. The zero-order valence-corrected chi connectivity index (χ0v) is 23.7. The number of H-pyrrole nitrogens is 1. The number of carbonyl (C=O) groups excluding carboxylic acids is 1. The van der Waals surface area contributed by atoms with Crippen LogP contribution in [-0.2, 0) is 0 Å². The number of aromatic nitrogens is 5. The van der Waals surface area contributed by atoms with Crippen molar-refractivity contribution in [3.63, 3.8) is 0 Å². The van der Waals surface area contributed by atoms with Crippen molar-refractivity contribution in [2.24, 2.45) is 0 Å². The number of aromatic amines is 1. The van der Waals surface area contributed by atoms with E-state index in [0.717, 1.165) is 72.0 Å². The normalized spacial score (nSPS) is 20.4. The van der Waals surface area contributed by atoms with E-state index in [2.05, 4.69) is 48.0 Å². The first-order valence-electron chi connectivity index (χ1n) is 14.0. The summed E-state index contributed by atoms with van der Waals surface area (Å²) in [6.07, 6.45) is 8.01. The number of hydrogen-bond donors (Lipinski definition) is 3. The number of pyridine rings is 2. The first-order chi connectivity index (χ1) is 20.0. The summed E-state index contributed by atoms with van der Waals surface area (Å²) in [5.74, 6) is 1.36. The predicted molar refractivity (Wildman–Crippen MR) is 156 cm³/mol. The maximum atomic E-state index is 12.3. The minimum atomic E-state index is -0.624. The second kappa shape index (κ2) is 10.4. The molecule has 13 heteroatoms. The SMILES string of the molecule is CCNC(=O)Nc1cc(-c2nc(C3CC3)cs2)c(-c2cc(-c3n[nH]c(=O)o3)cnc2N2C3CCC2CN(C)C3)cn1. The molecule has 2 amide bonds. The van der Waals surface area contributed by atoms with Gasteiger partial charge in [0.15, 0.2) is 0 Å². The molecule has 2 bridgehead atoms. The fraction of sp³-hybridized carbons (Fsp3) is 0.429. The average molecular weight is 574 g/mol. The van der Waals surface area contributed by atoms with Crippen molar-refractivity contribution >= 4 is 29.0 Å². The van der Waals surface area contributed by atoms with Gasteiger partial charge in [0.1, 0.15) is 16.6 Å². The second-order valence-electron chi connectivity index (χ2n) is 11.0. The van der Waals surface area contributed by atoms with Gasteiger partial charge in [0.25, 0.3) is 5.89 Å². The fourth-order valence-electron chi connectivity index (χ4n) is 6.00. The van der Waals surface area contributed by atoms with Crippen LogP contribution in [0.15, 0.2) is 39.1 Å². The molecular weight excluding hydrogens is 542 g/mol. The van der Waals surface area contributed by atoms with Gasteiger partial charge < -0.3 is 19.5 Å². The third kappa shape index (κ3) is 4.99. The van der Waals surface area contributed by atoms with Crippen LogP contribution in [0.2, 0.25) is 0 Å². The number of nitrogens with zero attached hydrogens (tertiary/aromatic N) is 6. The maximum Gasteiger partial charge on any atom is 0.434 e. The summed E-state index contributed by atoms with van der Waals surface area (Å²) in [5.41, 5.74) is 4.23. The highest BCUT2D eigenvalue weighted by Crippen LogP contribution is 2.46. The molecular formula is C28H31N9O3S. The van der Waals surface area contributed by atoms with Gasteiger partial charge in [-0.3, -0.25) is 5.32 Å². The van der Waals surface area contributed by atoms with Crippen LogP contribution in [-0.4, -0.2) is 74.8 Å². The molecule has 0 aromatic carbocycles. The largest absolute Gasteiger partial charge is 0.434 e. The summed E-state index contributed by atoms with van der Waals surface area (Å²) in [6.45, 7) is 4.30. The van der Waals surface area contributed by atoms with Crippen LogP contribution in [0.1, 0.15) is 44.2 Å². The number of piperazine rings is 1. The molecule has 1 aliphatic carbocycles. The van der Waals surface area contributed by atoms with Gasteiger partial charge >= 0.3 is 11.8 Å². The number of likely N-dealkylation sites (N-methyl/N-ethyl adjacent to an activating group) is 1. The number of urea groups is 1. The number of rotatable bonds is 7. The van der Waals surface area contributed by atoms with Gasteiger partial charge in [0.2, 0.25) is 0 Å². The molecule has 2 atom stereocenters. The van der Waals surface area contributed by atoms with E-state index in [1.807, 2.05) is 19.1 Å². The van der Waals surface area contributed by atoms with Crippen LogP contribution in [0.25, 0.3) is 33.2 Å². The van der Waals surface area contributed by atoms with Gasteiger partial charge in [0, 0.05) is 72.1 Å². The predicted octanol–water partition coefficient (Wildman–Crippen LogP) is 3.91. The third-order valence-electron chi connectivity index (χ3n) is 7.98. The number of anilines is 2. The lowest BCUT2D eigenvalue weighted by atomic mass is 9.99. The van der Waals surface area contributed by atoms with E-state index in [9.17, 15) is 9.59 Å². The van der Waals surface area contributed by atoms with Gasteiger partial charge in [-0.05, 0) is 51.8 Å². The highest BCUT2D eigenvalue weighted by atomic mass is 32.1. The summed E-state index contributed by atoms with van der Waals surface area (Å²) in [7, 11) is 2.17. The van der Waals surface area contributed by atoms with Crippen LogP contribution in [0.4, 0.5) is 16.4 Å². The van der Waals surface area contributed by atoms with E-state index in [0.29, 0.717) is 35.9 Å². The minimum Gasteiger partial charge on any atom is -0.388 e. The first-order valence-corrected chi connectivity index (χ1v) is 14.9. The topological polar surface area (TPSA) is 145 Å². The third-order valence-corrected chi connectivity index (χ3v) is 8.88. The zero-order valence-electron chi connectivity index (χ0n) is 22.9. The zero-order chi connectivity index (χ0) is 28.1. The van der Waals surface area contributed by atoms with E-state index >= 15 is 0 Å². The molecule has 0 radical (unpaired) electrons. The Balaban J connectivity index is 1.39. The number of carbonyl (C=O) groups is 1. The van der Waals surface area contributed by atoms with Crippen LogP contribution < -0.4 is 21.3 Å². The summed E-state index contributed by atoms with van der Waals surface area (Å²) in [4.78, 5) is 43.5. The highest BCUT2D eigenvalue weighted by molar-refractivity contribution is 7.13. The molecule has 3 N–H and O–H groups in total. The Bertz CT molecular complexity index is 1650. The van der Waals surface area contributed by atoms with E-state index in [1.165, 1.54) is 0 Å². The smallest absolute Gasteiger partial charge is 0.388 e. The van der Waals surface area contributed by atoms with Gasteiger partial charge in [-0.25, -0.2) is 29.6 Å². The van der Waals surface area contributed by atoms with E-state index in [-0.39, 0.29) is 11.9 Å². The van der Waals surface area contributed by atoms with Crippen LogP contribution >= 0.6 is 11.3 Å². The molecule has 7 rings (SSSR count). The van der Waals surface area contributed by atoms with Crippen molar-refractivity contribution in [2.45, 2.75) is 50.6 Å². The Labute approximate surface area is 240 Å². The Hall–Kier alpha value is -4.10. The lowest BCUT2D eigenvalue weighted by Gasteiger charge is -2.41. The Morgan fingerprint density at radius 1 is 1.10 bits per heavy atom. The molecule has 4 aromatic rings. The van der Waals surface area contributed by atoms with Gasteiger partial charge in [-0.15, -0.1) is 16.4 Å². The van der Waals surface area contributed by atoms with Crippen molar-refractivity contribution < 1.29 is 9.21 Å². The first kappa shape index (κ1) is 25.8. The van der Waals surface area contributed by atoms with Gasteiger partial charge in [-0.1, -0.05) is 0 Å². The number of thiazole rings is 1. The van der Waals surface area contributed by atoms with Crippen LogP contribution in [0, 0.1) is 0 Å². The number of likely N-dealkylation sites (tertiary alicyclic amines) is 1. The minimum absolute atomic E-state index is 0.172. The number of nitrogens with one attached hydrogen (secondary N) is 3. The van der Waals surface area contributed by atoms with E-state index in [4.69, 9.17) is 14.4 Å². The van der Waals surface area contributed by atoms with Crippen molar-refractivity contribution in [3.05, 3.63) is 46.2 Å². The van der Waals surface area contributed by atoms with Crippen LogP contribution in [0.3, 0.4) is 0 Å². The Kier molecular flexibility index (Phi) is 6.54. The number of fused-ring (bicyclic) bond motifs is 2. The van der Waals surface area contributed by atoms with Gasteiger partial charge in [-0.2, -0.15) is 0 Å². The molecule has 1 saturated carbocycles. The number of hydrogen-bond acceptors (Lipinski definition) is 10. The summed E-state index contributed by atoms with van der Waals surface area (Å²) in [5, 5.41) is 15.0. The molecule has 3 fully saturated rings. The van der Waals surface area contributed by atoms with Crippen molar-refractivity contribution in [2.75, 3.05) is 36.9 Å². The molecule has 0 spiro atoms. The fourth-order valence-corrected chi connectivity index (χ4v) is 6.94. The molecule has 6 heterocycles. The molecule has 2 unspecified atom stereocenters. The highest BCUT2D eigenvalue weighted by Gasteiger charge is 2.41. The molecule has 212 valence electrons. The molecule has 4 aromatic heterocycles.